The highest BCUT2D eigenvalue weighted by Gasteiger charge is 2.31. The maximum absolute atomic E-state index is 4.39. The SMILES string of the molecule is CC1C(N(C)S)CCN(C)C1C. The van der Waals surface area contributed by atoms with Crippen molar-refractivity contribution in [3.05, 3.63) is 0 Å². The topological polar surface area (TPSA) is 6.48 Å². The van der Waals surface area contributed by atoms with Gasteiger partial charge in [-0.2, -0.15) is 0 Å². The van der Waals surface area contributed by atoms with Crippen LogP contribution in [0.1, 0.15) is 20.3 Å². The van der Waals surface area contributed by atoms with Crippen molar-refractivity contribution < 1.29 is 0 Å². The van der Waals surface area contributed by atoms with Crippen LogP contribution in [0.4, 0.5) is 0 Å². The quantitative estimate of drug-likeness (QED) is 0.623. The number of likely N-dealkylation sites (tertiary alicyclic amines) is 1. The van der Waals surface area contributed by atoms with Crippen LogP contribution in [-0.2, 0) is 0 Å². The average molecular weight is 188 g/mol. The van der Waals surface area contributed by atoms with E-state index in [1.165, 1.54) is 13.0 Å². The van der Waals surface area contributed by atoms with Crippen LogP contribution < -0.4 is 0 Å². The van der Waals surface area contributed by atoms with Gasteiger partial charge in [-0.15, -0.1) is 0 Å². The third-order valence-electron chi connectivity index (χ3n) is 3.32. The molecule has 1 heterocycles. The number of nitrogens with zero attached hydrogens (tertiary/aromatic N) is 2. The van der Waals surface area contributed by atoms with E-state index in [4.69, 9.17) is 0 Å². The minimum Gasteiger partial charge on any atom is -0.303 e. The molecule has 0 aromatic rings. The fourth-order valence-corrected chi connectivity index (χ4v) is 2.38. The number of hydrogen-bond acceptors (Lipinski definition) is 3. The molecule has 0 amide bonds. The summed E-state index contributed by atoms with van der Waals surface area (Å²) in [4.78, 5) is 2.43. The zero-order chi connectivity index (χ0) is 9.30. The van der Waals surface area contributed by atoms with Crippen LogP contribution in [0.25, 0.3) is 0 Å². The second-order valence-electron chi connectivity index (χ2n) is 4.01. The Morgan fingerprint density at radius 2 is 2.00 bits per heavy atom. The molecule has 1 aliphatic heterocycles. The summed E-state index contributed by atoms with van der Waals surface area (Å²) >= 11 is 4.39. The van der Waals surface area contributed by atoms with Crippen molar-refractivity contribution in [3.8, 4) is 0 Å². The maximum Gasteiger partial charge on any atom is 0.0249 e. The van der Waals surface area contributed by atoms with E-state index in [9.17, 15) is 0 Å². The molecular weight excluding hydrogens is 168 g/mol. The largest absolute Gasteiger partial charge is 0.303 e. The lowest BCUT2D eigenvalue weighted by atomic mass is 9.87. The van der Waals surface area contributed by atoms with Crippen LogP contribution in [0.2, 0.25) is 0 Å². The van der Waals surface area contributed by atoms with Gasteiger partial charge in [0.2, 0.25) is 0 Å². The Labute approximate surface area is 81.5 Å². The van der Waals surface area contributed by atoms with Gasteiger partial charge in [0, 0.05) is 12.1 Å². The van der Waals surface area contributed by atoms with Crippen LogP contribution in [0, 0.1) is 5.92 Å². The van der Waals surface area contributed by atoms with E-state index in [1.54, 1.807) is 0 Å². The Kier molecular flexibility index (Phi) is 3.44. The fraction of sp³-hybridized carbons (Fsp3) is 1.00. The highest BCUT2D eigenvalue weighted by molar-refractivity contribution is 7.77. The van der Waals surface area contributed by atoms with Crippen LogP contribution in [-0.4, -0.2) is 41.9 Å². The first kappa shape index (κ1) is 10.4. The molecule has 3 heteroatoms. The summed E-state index contributed by atoms with van der Waals surface area (Å²) in [6, 6.07) is 1.32. The summed E-state index contributed by atoms with van der Waals surface area (Å²) in [5.41, 5.74) is 0. The monoisotopic (exact) mass is 188 g/mol. The van der Waals surface area contributed by atoms with Crippen molar-refractivity contribution in [2.75, 3.05) is 20.6 Å². The second-order valence-corrected chi connectivity index (χ2v) is 4.64. The van der Waals surface area contributed by atoms with Crippen molar-refractivity contribution in [3.63, 3.8) is 0 Å². The van der Waals surface area contributed by atoms with E-state index >= 15 is 0 Å². The Morgan fingerprint density at radius 1 is 1.42 bits per heavy atom. The molecule has 0 radical (unpaired) electrons. The molecule has 0 bridgehead atoms. The molecule has 1 rings (SSSR count). The Morgan fingerprint density at radius 3 is 2.50 bits per heavy atom. The molecule has 3 atom stereocenters. The van der Waals surface area contributed by atoms with Gasteiger partial charge in [0.05, 0.1) is 0 Å². The van der Waals surface area contributed by atoms with Crippen LogP contribution in [0.5, 0.6) is 0 Å². The molecule has 0 spiro atoms. The van der Waals surface area contributed by atoms with E-state index in [0.29, 0.717) is 18.0 Å². The first-order chi connectivity index (χ1) is 5.54. The summed E-state index contributed by atoms with van der Waals surface area (Å²) in [5, 5.41) is 0. The first-order valence-corrected chi connectivity index (χ1v) is 5.06. The molecule has 1 fully saturated rings. The van der Waals surface area contributed by atoms with Crippen LogP contribution in [0.15, 0.2) is 0 Å². The van der Waals surface area contributed by atoms with Gasteiger partial charge < -0.3 is 4.90 Å². The molecule has 12 heavy (non-hydrogen) atoms. The molecule has 1 aliphatic rings. The van der Waals surface area contributed by atoms with Gasteiger partial charge in [-0.05, 0) is 39.9 Å². The number of hydrogen-bond donors (Lipinski definition) is 1. The highest BCUT2D eigenvalue weighted by atomic mass is 32.1. The fourth-order valence-electron chi connectivity index (χ4n) is 2.05. The van der Waals surface area contributed by atoms with E-state index < -0.39 is 0 Å². The molecule has 0 N–H and O–H groups in total. The standard InChI is InChI=1S/C9H20N2S/c1-7-8(2)10(3)6-5-9(7)11(4)12/h7-9,12H,5-6H2,1-4H3. The predicted molar refractivity (Wildman–Crippen MR) is 56.4 cm³/mol. The van der Waals surface area contributed by atoms with Crippen molar-refractivity contribution in [1.29, 1.82) is 0 Å². The molecule has 3 unspecified atom stereocenters. The van der Waals surface area contributed by atoms with E-state index in [0.717, 1.165) is 0 Å². The van der Waals surface area contributed by atoms with Gasteiger partial charge in [-0.25, -0.2) is 0 Å². The van der Waals surface area contributed by atoms with Gasteiger partial charge in [-0.3, -0.25) is 4.31 Å². The van der Waals surface area contributed by atoms with E-state index in [-0.39, 0.29) is 0 Å². The summed E-state index contributed by atoms with van der Waals surface area (Å²) in [6.45, 7) is 5.81. The maximum atomic E-state index is 4.39. The molecule has 0 saturated carbocycles. The Hall–Kier alpha value is 0.270. The third kappa shape index (κ3) is 1.95. The zero-order valence-corrected chi connectivity index (χ0v) is 9.38. The summed E-state index contributed by atoms with van der Waals surface area (Å²) in [6.07, 6.45) is 1.24. The van der Waals surface area contributed by atoms with E-state index in [1.807, 2.05) is 0 Å². The number of piperidine rings is 1. The molecular formula is C9H20N2S. The van der Waals surface area contributed by atoms with Gasteiger partial charge in [0.15, 0.2) is 0 Å². The molecule has 2 nitrogen and oxygen atoms in total. The van der Waals surface area contributed by atoms with E-state index in [2.05, 4.69) is 50.0 Å². The lowest BCUT2D eigenvalue weighted by Gasteiger charge is -2.42. The second kappa shape index (κ2) is 3.99. The summed E-state index contributed by atoms with van der Waals surface area (Å²) in [7, 11) is 4.26. The minimum absolute atomic E-state index is 0.638. The number of thiol groups is 1. The predicted octanol–water partition coefficient (Wildman–Crippen LogP) is 1.49. The summed E-state index contributed by atoms with van der Waals surface area (Å²) < 4.78 is 2.06. The Bertz CT molecular complexity index is 149. The van der Waals surface area contributed by atoms with Gasteiger partial charge in [0.1, 0.15) is 0 Å². The molecule has 72 valence electrons. The number of rotatable bonds is 1. The first-order valence-electron chi connectivity index (χ1n) is 4.66. The summed E-state index contributed by atoms with van der Waals surface area (Å²) in [5.74, 6) is 0.714. The molecule has 0 aromatic carbocycles. The van der Waals surface area contributed by atoms with Crippen molar-refractivity contribution in [2.24, 2.45) is 5.92 Å². The van der Waals surface area contributed by atoms with Crippen LogP contribution in [0.3, 0.4) is 0 Å². The normalized spacial score (nSPS) is 39.0. The molecule has 0 aliphatic carbocycles. The third-order valence-corrected chi connectivity index (χ3v) is 3.62. The molecule has 1 saturated heterocycles. The molecule has 0 aromatic heterocycles. The minimum atomic E-state index is 0.638. The smallest absolute Gasteiger partial charge is 0.0249 e. The lowest BCUT2D eigenvalue weighted by molar-refractivity contribution is 0.0882. The lowest BCUT2D eigenvalue weighted by Crippen LogP contribution is -2.50. The average Bonchev–Trinajstić information content (AvgIpc) is 2.00. The highest BCUT2D eigenvalue weighted by Crippen LogP contribution is 2.26. The van der Waals surface area contributed by atoms with Crippen molar-refractivity contribution in [2.45, 2.75) is 32.4 Å². The zero-order valence-electron chi connectivity index (χ0n) is 8.49. The van der Waals surface area contributed by atoms with Gasteiger partial charge >= 0.3 is 0 Å². The van der Waals surface area contributed by atoms with Crippen molar-refractivity contribution >= 4 is 12.8 Å². The van der Waals surface area contributed by atoms with Gasteiger partial charge in [0.25, 0.3) is 0 Å². The van der Waals surface area contributed by atoms with Crippen molar-refractivity contribution in [1.82, 2.24) is 9.21 Å². The Balaban J connectivity index is 2.58. The van der Waals surface area contributed by atoms with Crippen LogP contribution >= 0.6 is 12.8 Å². The van der Waals surface area contributed by atoms with Gasteiger partial charge in [-0.1, -0.05) is 19.7 Å².